The molecule has 0 spiro atoms. The van der Waals surface area contributed by atoms with Crippen LogP contribution in [0.1, 0.15) is 46.9 Å². The lowest BCUT2D eigenvalue weighted by atomic mass is 9.99. The van der Waals surface area contributed by atoms with Crippen LogP contribution in [0.2, 0.25) is 0 Å². The summed E-state index contributed by atoms with van der Waals surface area (Å²) in [5.74, 6) is 2.00. The van der Waals surface area contributed by atoms with E-state index in [4.69, 9.17) is 0 Å². The van der Waals surface area contributed by atoms with Gasteiger partial charge < -0.3 is 9.88 Å². The average Bonchev–Trinajstić information content (AvgIpc) is 3.36. The van der Waals surface area contributed by atoms with Crippen molar-refractivity contribution in [2.24, 2.45) is 7.05 Å². The molecule has 1 fully saturated rings. The first kappa shape index (κ1) is 15.4. The first-order valence-corrected chi connectivity index (χ1v) is 9.08. The SMILES string of the molecule is Cn1c(SCC(=O)c2ccc3c(c2)CCC(=O)N3)nnc1C1CC1. The van der Waals surface area contributed by atoms with Crippen molar-refractivity contribution in [3.8, 4) is 0 Å². The number of ketones is 1. The summed E-state index contributed by atoms with van der Waals surface area (Å²) in [5, 5.41) is 12.1. The van der Waals surface area contributed by atoms with E-state index in [-0.39, 0.29) is 11.7 Å². The molecule has 1 saturated carbocycles. The third kappa shape index (κ3) is 2.96. The Balaban J connectivity index is 1.44. The minimum absolute atomic E-state index is 0.0332. The number of aryl methyl sites for hydroxylation is 1. The summed E-state index contributed by atoms with van der Waals surface area (Å²) in [6, 6.07) is 5.49. The first-order chi connectivity index (χ1) is 11.6. The van der Waals surface area contributed by atoms with Gasteiger partial charge in [0.1, 0.15) is 5.82 Å². The number of nitrogens with one attached hydrogen (secondary N) is 1. The maximum atomic E-state index is 12.5. The predicted molar refractivity (Wildman–Crippen MR) is 91.4 cm³/mol. The molecule has 6 nitrogen and oxygen atoms in total. The van der Waals surface area contributed by atoms with Crippen LogP contribution in [0.3, 0.4) is 0 Å². The molecule has 1 aromatic heterocycles. The first-order valence-electron chi connectivity index (χ1n) is 8.10. The third-order valence-electron chi connectivity index (χ3n) is 4.47. The second-order valence-electron chi connectivity index (χ2n) is 6.31. The number of carbonyl (C=O) groups excluding carboxylic acids is 2. The number of fused-ring (bicyclic) bond motifs is 1. The summed E-state index contributed by atoms with van der Waals surface area (Å²) < 4.78 is 2.00. The second-order valence-corrected chi connectivity index (χ2v) is 7.25. The molecule has 1 aromatic carbocycles. The van der Waals surface area contributed by atoms with Gasteiger partial charge in [0.05, 0.1) is 5.75 Å². The van der Waals surface area contributed by atoms with Crippen molar-refractivity contribution in [2.45, 2.75) is 36.8 Å². The molecule has 2 aliphatic rings. The van der Waals surface area contributed by atoms with E-state index in [1.807, 2.05) is 23.7 Å². The molecule has 0 atom stereocenters. The summed E-state index contributed by atoms with van der Waals surface area (Å²) in [6.07, 6.45) is 3.52. The Bertz CT molecular complexity index is 826. The number of benzene rings is 1. The normalized spacial score (nSPS) is 16.6. The molecule has 1 N–H and O–H groups in total. The lowest BCUT2D eigenvalue weighted by Gasteiger charge is -2.17. The summed E-state index contributed by atoms with van der Waals surface area (Å²) in [5.41, 5.74) is 2.53. The van der Waals surface area contributed by atoms with Gasteiger partial charge in [0.15, 0.2) is 10.9 Å². The number of rotatable bonds is 5. The molecule has 2 aromatic rings. The summed E-state index contributed by atoms with van der Waals surface area (Å²) >= 11 is 1.42. The highest BCUT2D eigenvalue weighted by Crippen LogP contribution is 2.39. The molecule has 7 heteroatoms. The maximum absolute atomic E-state index is 12.5. The highest BCUT2D eigenvalue weighted by molar-refractivity contribution is 7.99. The highest BCUT2D eigenvalue weighted by atomic mass is 32.2. The zero-order valence-electron chi connectivity index (χ0n) is 13.4. The van der Waals surface area contributed by atoms with Crippen LogP contribution in [0.4, 0.5) is 5.69 Å². The molecular weight excluding hydrogens is 324 g/mol. The lowest BCUT2D eigenvalue weighted by Crippen LogP contribution is -2.19. The Hall–Kier alpha value is -2.15. The largest absolute Gasteiger partial charge is 0.326 e. The molecule has 1 amide bonds. The van der Waals surface area contributed by atoms with Crippen LogP contribution in [0, 0.1) is 0 Å². The predicted octanol–water partition coefficient (Wildman–Crippen LogP) is 2.55. The fraction of sp³-hybridized carbons (Fsp3) is 0.412. The number of nitrogens with zero attached hydrogens (tertiary/aromatic N) is 3. The van der Waals surface area contributed by atoms with E-state index in [2.05, 4.69) is 15.5 Å². The topological polar surface area (TPSA) is 76.9 Å². The van der Waals surface area contributed by atoms with E-state index in [0.717, 1.165) is 22.2 Å². The van der Waals surface area contributed by atoms with E-state index in [9.17, 15) is 9.59 Å². The van der Waals surface area contributed by atoms with Gasteiger partial charge in [-0.3, -0.25) is 9.59 Å². The Morgan fingerprint density at radius 2 is 2.17 bits per heavy atom. The van der Waals surface area contributed by atoms with Crippen molar-refractivity contribution in [1.82, 2.24) is 14.8 Å². The molecule has 0 radical (unpaired) electrons. The zero-order valence-corrected chi connectivity index (χ0v) is 14.2. The number of hydrogen-bond donors (Lipinski definition) is 1. The van der Waals surface area contributed by atoms with Gasteiger partial charge in [0.2, 0.25) is 5.91 Å². The van der Waals surface area contributed by atoms with Gasteiger partial charge in [-0.1, -0.05) is 11.8 Å². The highest BCUT2D eigenvalue weighted by Gasteiger charge is 2.29. The number of thioether (sulfide) groups is 1. The number of carbonyl (C=O) groups is 2. The van der Waals surface area contributed by atoms with Crippen LogP contribution < -0.4 is 5.32 Å². The van der Waals surface area contributed by atoms with Gasteiger partial charge in [-0.25, -0.2) is 0 Å². The molecule has 1 aliphatic heterocycles. The van der Waals surface area contributed by atoms with Crippen LogP contribution in [0.5, 0.6) is 0 Å². The molecule has 0 unspecified atom stereocenters. The fourth-order valence-electron chi connectivity index (χ4n) is 2.92. The van der Waals surface area contributed by atoms with Crippen molar-refractivity contribution in [2.75, 3.05) is 11.1 Å². The van der Waals surface area contributed by atoms with Gasteiger partial charge >= 0.3 is 0 Å². The van der Waals surface area contributed by atoms with E-state index in [1.165, 1.54) is 24.6 Å². The van der Waals surface area contributed by atoms with Crippen LogP contribution in [-0.4, -0.2) is 32.2 Å². The Labute approximate surface area is 144 Å². The molecule has 0 saturated heterocycles. The second kappa shape index (κ2) is 6.05. The van der Waals surface area contributed by atoms with Crippen molar-refractivity contribution in [1.29, 1.82) is 0 Å². The fourth-order valence-corrected chi connectivity index (χ4v) is 3.73. The summed E-state index contributed by atoms with van der Waals surface area (Å²) in [7, 11) is 1.96. The Morgan fingerprint density at radius 1 is 1.33 bits per heavy atom. The Morgan fingerprint density at radius 3 is 2.96 bits per heavy atom. The van der Waals surface area contributed by atoms with Crippen molar-refractivity contribution in [3.63, 3.8) is 0 Å². The van der Waals surface area contributed by atoms with Crippen LogP contribution in [-0.2, 0) is 18.3 Å². The van der Waals surface area contributed by atoms with Crippen molar-refractivity contribution < 1.29 is 9.59 Å². The van der Waals surface area contributed by atoms with Gasteiger partial charge in [0, 0.05) is 30.6 Å². The minimum atomic E-state index is 0.0332. The van der Waals surface area contributed by atoms with Crippen molar-refractivity contribution in [3.05, 3.63) is 35.2 Å². The maximum Gasteiger partial charge on any atom is 0.224 e. The zero-order chi connectivity index (χ0) is 16.7. The smallest absolute Gasteiger partial charge is 0.224 e. The molecule has 2 heterocycles. The quantitative estimate of drug-likeness (QED) is 0.667. The van der Waals surface area contributed by atoms with Gasteiger partial charge in [-0.15, -0.1) is 10.2 Å². The van der Waals surface area contributed by atoms with E-state index < -0.39 is 0 Å². The summed E-state index contributed by atoms with van der Waals surface area (Å²) in [6.45, 7) is 0. The number of hydrogen-bond acceptors (Lipinski definition) is 5. The summed E-state index contributed by atoms with van der Waals surface area (Å²) in [4.78, 5) is 23.9. The third-order valence-corrected chi connectivity index (χ3v) is 5.49. The number of anilines is 1. The van der Waals surface area contributed by atoms with E-state index in [1.54, 1.807) is 6.07 Å². The van der Waals surface area contributed by atoms with E-state index in [0.29, 0.717) is 30.1 Å². The molecule has 4 rings (SSSR count). The van der Waals surface area contributed by atoms with Gasteiger partial charge in [-0.2, -0.15) is 0 Å². The lowest BCUT2D eigenvalue weighted by molar-refractivity contribution is -0.116. The number of Topliss-reactive ketones (excluding diaryl/α,β-unsaturated/α-hetero) is 1. The van der Waals surface area contributed by atoms with Crippen LogP contribution >= 0.6 is 11.8 Å². The molecule has 24 heavy (non-hydrogen) atoms. The number of amides is 1. The Kier molecular flexibility index (Phi) is 3.88. The molecule has 0 bridgehead atoms. The molecular formula is C17H18N4O2S. The number of aromatic nitrogens is 3. The van der Waals surface area contributed by atoms with Crippen LogP contribution in [0.25, 0.3) is 0 Å². The van der Waals surface area contributed by atoms with E-state index >= 15 is 0 Å². The molecule has 124 valence electrons. The van der Waals surface area contributed by atoms with Gasteiger partial charge in [-0.05, 0) is 43.0 Å². The van der Waals surface area contributed by atoms with Crippen molar-refractivity contribution >= 4 is 29.1 Å². The van der Waals surface area contributed by atoms with Gasteiger partial charge in [0.25, 0.3) is 0 Å². The standard InChI is InChI=1S/C17H18N4O2S/c1-21-16(10-2-3-10)19-20-17(21)24-9-14(22)12-4-6-13-11(8-12)5-7-15(23)18-13/h4,6,8,10H,2-3,5,7,9H2,1H3,(H,18,23). The minimum Gasteiger partial charge on any atom is -0.326 e. The molecule has 1 aliphatic carbocycles. The average molecular weight is 342 g/mol. The monoisotopic (exact) mass is 342 g/mol. The van der Waals surface area contributed by atoms with Crippen LogP contribution in [0.15, 0.2) is 23.4 Å².